The number of para-hydroxylation sites is 2. The number of benzene rings is 1. The van der Waals surface area contributed by atoms with Gasteiger partial charge in [0.25, 0.3) is 0 Å². The van der Waals surface area contributed by atoms with Crippen LogP contribution < -0.4 is 5.32 Å². The predicted octanol–water partition coefficient (Wildman–Crippen LogP) is 3.08. The summed E-state index contributed by atoms with van der Waals surface area (Å²) in [5, 5.41) is 3.07. The Bertz CT molecular complexity index is 864. The molecule has 25 heavy (non-hydrogen) atoms. The van der Waals surface area contributed by atoms with Crippen LogP contribution in [0.25, 0.3) is 11.0 Å². The molecule has 3 rings (SSSR count). The van der Waals surface area contributed by atoms with Crippen LogP contribution in [0, 0.1) is 0 Å². The van der Waals surface area contributed by atoms with E-state index in [9.17, 15) is 4.79 Å². The fourth-order valence-corrected chi connectivity index (χ4v) is 3.25. The van der Waals surface area contributed by atoms with E-state index in [4.69, 9.17) is 0 Å². The molecule has 0 radical (unpaired) electrons. The summed E-state index contributed by atoms with van der Waals surface area (Å²) in [5.74, 6) is 0.964. The molecule has 6 heteroatoms. The van der Waals surface area contributed by atoms with Crippen molar-refractivity contribution in [2.45, 2.75) is 52.7 Å². The van der Waals surface area contributed by atoms with Crippen LogP contribution in [0.15, 0.2) is 36.8 Å². The number of hydrogen-bond donors (Lipinski definition) is 1. The minimum Gasteiger partial charge on any atom is -0.349 e. The van der Waals surface area contributed by atoms with Gasteiger partial charge in [0.2, 0.25) is 5.91 Å². The van der Waals surface area contributed by atoms with Gasteiger partial charge in [0, 0.05) is 19.2 Å². The van der Waals surface area contributed by atoms with E-state index in [2.05, 4.69) is 33.7 Å². The first kappa shape index (κ1) is 17.2. The van der Waals surface area contributed by atoms with Gasteiger partial charge in [0.05, 0.1) is 29.6 Å². The number of fused-ring (bicyclic) bond motifs is 1. The molecule has 3 aromatic rings. The second kappa shape index (κ2) is 7.51. The third-order valence-corrected chi connectivity index (χ3v) is 4.57. The second-order valence-corrected chi connectivity index (χ2v) is 6.05. The standard InChI is InChI=1S/C19H25N5O/c1-4-16(19(25)21-12-14-11-20-13-23(14)6-3)24-17-10-8-7-9-15(17)22-18(24)5-2/h7-11,13,16H,4-6,12H2,1-3H3,(H,21,25)/t16-/m1/s1. The lowest BCUT2D eigenvalue weighted by molar-refractivity contribution is -0.124. The van der Waals surface area contributed by atoms with Crippen molar-refractivity contribution in [3.05, 3.63) is 48.3 Å². The highest BCUT2D eigenvalue weighted by Crippen LogP contribution is 2.24. The molecule has 0 aliphatic rings. The van der Waals surface area contributed by atoms with Crippen molar-refractivity contribution in [1.29, 1.82) is 0 Å². The van der Waals surface area contributed by atoms with Gasteiger partial charge in [-0.25, -0.2) is 9.97 Å². The van der Waals surface area contributed by atoms with Gasteiger partial charge in [-0.3, -0.25) is 4.79 Å². The molecule has 6 nitrogen and oxygen atoms in total. The summed E-state index contributed by atoms with van der Waals surface area (Å²) < 4.78 is 4.12. The molecule has 0 aliphatic carbocycles. The molecule has 1 aromatic carbocycles. The smallest absolute Gasteiger partial charge is 0.243 e. The van der Waals surface area contributed by atoms with Gasteiger partial charge in [-0.15, -0.1) is 0 Å². The van der Waals surface area contributed by atoms with Gasteiger partial charge in [0.15, 0.2) is 0 Å². The van der Waals surface area contributed by atoms with Crippen LogP contribution >= 0.6 is 0 Å². The Kier molecular flexibility index (Phi) is 5.16. The molecule has 1 amide bonds. The first-order valence-electron chi connectivity index (χ1n) is 8.92. The lowest BCUT2D eigenvalue weighted by Crippen LogP contribution is -2.33. The molecule has 0 bridgehead atoms. The highest BCUT2D eigenvalue weighted by atomic mass is 16.2. The number of carbonyl (C=O) groups is 1. The van der Waals surface area contributed by atoms with Crippen molar-refractivity contribution < 1.29 is 4.79 Å². The molecule has 0 aliphatic heterocycles. The minimum absolute atomic E-state index is 0.0178. The molecular weight excluding hydrogens is 314 g/mol. The molecule has 0 unspecified atom stereocenters. The molecule has 1 N–H and O–H groups in total. The summed E-state index contributed by atoms with van der Waals surface area (Å²) in [6, 6.07) is 7.73. The van der Waals surface area contributed by atoms with Gasteiger partial charge in [0.1, 0.15) is 11.9 Å². The van der Waals surface area contributed by atoms with E-state index in [0.29, 0.717) is 13.0 Å². The van der Waals surface area contributed by atoms with Crippen molar-refractivity contribution in [1.82, 2.24) is 24.4 Å². The quantitative estimate of drug-likeness (QED) is 0.719. The summed E-state index contributed by atoms with van der Waals surface area (Å²) in [6.45, 7) is 7.50. The number of carbonyl (C=O) groups excluding carboxylic acids is 1. The van der Waals surface area contributed by atoms with E-state index in [-0.39, 0.29) is 11.9 Å². The molecule has 132 valence electrons. The van der Waals surface area contributed by atoms with E-state index in [0.717, 1.165) is 35.5 Å². The second-order valence-electron chi connectivity index (χ2n) is 6.05. The van der Waals surface area contributed by atoms with Gasteiger partial charge in [-0.2, -0.15) is 0 Å². The summed E-state index contributed by atoms with van der Waals surface area (Å²) in [7, 11) is 0. The number of amides is 1. The Morgan fingerprint density at radius 3 is 2.76 bits per heavy atom. The van der Waals surface area contributed by atoms with Crippen LogP contribution in [-0.4, -0.2) is 25.0 Å². The highest BCUT2D eigenvalue weighted by molar-refractivity contribution is 5.84. The van der Waals surface area contributed by atoms with Gasteiger partial charge in [-0.05, 0) is 25.5 Å². The Morgan fingerprint density at radius 2 is 2.04 bits per heavy atom. The summed E-state index contributed by atoms with van der Waals surface area (Å²) >= 11 is 0. The van der Waals surface area contributed by atoms with E-state index >= 15 is 0 Å². The molecule has 0 spiro atoms. The summed E-state index contributed by atoms with van der Waals surface area (Å²) in [5.41, 5.74) is 2.96. The van der Waals surface area contributed by atoms with Gasteiger partial charge in [-0.1, -0.05) is 26.0 Å². The maximum Gasteiger partial charge on any atom is 0.243 e. The molecular formula is C19H25N5O. The Hall–Kier alpha value is -2.63. The fraction of sp³-hybridized carbons (Fsp3) is 0.421. The van der Waals surface area contributed by atoms with Crippen molar-refractivity contribution in [3.8, 4) is 0 Å². The average Bonchev–Trinajstić information content (AvgIpc) is 3.24. The zero-order chi connectivity index (χ0) is 17.8. The van der Waals surface area contributed by atoms with Crippen LogP contribution in [0.3, 0.4) is 0 Å². The Balaban J connectivity index is 1.86. The Labute approximate surface area is 147 Å². The van der Waals surface area contributed by atoms with Crippen LogP contribution in [0.2, 0.25) is 0 Å². The molecule has 2 heterocycles. The minimum atomic E-state index is -0.264. The number of aryl methyl sites for hydroxylation is 2. The molecule has 2 aromatic heterocycles. The maximum absolute atomic E-state index is 12.9. The van der Waals surface area contributed by atoms with Crippen molar-refractivity contribution in [3.63, 3.8) is 0 Å². The molecule has 0 saturated heterocycles. The lowest BCUT2D eigenvalue weighted by atomic mass is 10.2. The van der Waals surface area contributed by atoms with Crippen LogP contribution in [-0.2, 0) is 24.3 Å². The third-order valence-electron chi connectivity index (χ3n) is 4.57. The number of nitrogens with one attached hydrogen (secondary N) is 1. The molecule has 1 atom stereocenters. The third kappa shape index (κ3) is 3.29. The Morgan fingerprint density at radius 1 is 1.24 bits per heavy atom. The van der Waals surface area contributed by atoms with Crippen LogP contribution in [0.4, 0.5) is 0 Å². The predicted molar refractivity (Wildman–Crippen MR) is 98.2 cm³/mol. The zero-order valence-corrected chi connectivity index (χ0v) is 15.1. The largest absolute Gasteiger partial charge is 0.349 e. The van der Waals surface area contributed by atoms with E-state index in [1.54, 1.807) is 12.5 Å². The normalized spacial score (nSPS) is 12.4. The lowest BCUT2D eigenvalue weighted by Gasteiger charge is -2.20. The molecule has 0 saturated carbocycles. The maximum atomic E-state index is 12.9. The van der Waals surface area contributed by atoms with Crippen LogP contribution in [0.1, 0.15) is 44.8 Å². The number of nitrogens with zero attached hydrogens (tertiary/aromatic N) is 4. The van der Waals surface area contributed by atoms with Crippen molar-refractivity contribution in [2.75, 3.05) is 0 Å². The average molecular weight is 339 g/mol. The zero-order valence-electron chi connectivity index (χ0n) is 15.1. The highest BCUT2D eigenvalue weighted by Gasteiger charge is 2.23. The van der Waals surface area contributed by atoms with E-state index in [1.165, 1.54) is 0 Å². The van der Waals surface area contributed by atoms with Gasteiger partial charge >= 0.3 is 0 Å². The van der Waals surface area contributed by atoms with Crippen molar-refractivity contribution >= 4 is 16.9 Å². The fourth-order valence-electron chi connectivity index (χ4n) is 3.25. The molecule has 0 fully saturated rings. The number of imidazole rings is 2. The van der Waals surface area contributed by atoms with Crippen molar-refractivity contribution in [2.24, 2.45) is 0 Å². The number of hydrogen-bond acceptors (Lipinski definition) is 3. The number of rotatable bonds is 7. The number of aromatic nitrogens is 4. The monoisotopic (exact) mass is 339 g/mol. The van der Waals surface area contributed by atoms with E-state index < -0.39 is 0 Å². The summed E-state index contributed by atoms with van der Waals surface area (Å²) in [4.78, 5) is 21.7. The van der Waals surface area contributed by atoms with E-state index in [1.807, 2.05) is 35.8 Å². The first-order chi connectivity index (χ1) is 12.2. The van der Waals surface area contributed by atoms with Gasteiger partial charge < -0.3 is 14.5 Å². The topological polar surface area (TPSA) is 64.7 Å². The SMILES string of the molecule is CCc1nc2ccccc2n1[C@H](CC)C(=O)NCc1cncn1CC. The summed E-state index contributed by atoms with van der Waals surface area (Å²) in [6.07, 6.45) is 5.10. The first-order valence-corrected chi connectivity index (χ1v) is 8.92. The van der Waals surface area contributed by atoms with Crippen LogP contribution in [0.5, 0.6) is 0 Å².